The number of ketones is 1. The molecule has 0 N–H and O–H groups in total. The van der Waals surface area contributed by atoms with Gasteiger partial charge in [-0.3, -0.25) is 4.79 Å². The maximum Gasteiger partial charge on any atom is 0.211 e. The topological polar surface area (TPSA) is 34.9 Å². The third-order valence-electron chi connectivity index (χ3n) is 3.16. The molecule has 0 fully saturated rings. The SMILES string of the molecule is Cc1cccc(C(=O)c2ccnn2-c2ccccc2)c1. The Morgan fingerprint density at radius 3 is 2.55 bits per heavy atom. The molecule has 0 aliphatic heterocycles. The number of hydrogen-bond donors (Lipinski definition) is 0. The molecule has 3 rings (SSSR count). The molecule has 3 nitrogen and oxygen atoms in total. The van der Waals surface area contributed by atoms with Gasteiger partial charge in [0.15, 0.2) is 0 Å². The second kappa shape index (κ2) is 5.13. The first-order valence-electron chi connectivity index (χ1n) is 6.46. The van der Waals surface area contributed by atoms with Gasteiger partial charge in [0.25, 0.3) is 0 Å². The Morgan fingerprint density at radius 2 is 1.80 bits per heavy atom. The van der Waals surface area contributed by atoms with Gasteiger partial charge in [0.1, 0.15) is 5.69 Å². The van der Waals surface area contributed by atoms with Gasteiger partial charge in [0.2, 0.25) is 5.78 Å². The van der Waals surface area contributed by atoms with Crippen molar-refractivity contribution < 1.29 is 4.79 Å². The van der Waals surface area contributed by atoms with Crippen molar-refractivity contribution in [3.63, 3.8) is 0 Å². The number of carbonyl (C=O) groups is 1. The molecule has 3 aromatic rings. The van der Waals surface area contributed by atoms with Crippen molar-refractivity contribution in [2.24, 2.45) is 0 Å². The molecule has 20 heavy (non-hydrogen) atoms. The fourth-order valence-electron chi connectivity index (χ4n) is 2.18. The van der Waals surface area contributed by atoms with Crippen molar-refractivity contribution in [1.29, 1.82) is 0 Å². The van der Waals surface area contributed by atoms with Crippen LogP contribution in [0.25, 0.3) is 5.69 Å². The van der Waals surface area contributed by atoms with E-state index in [0.717, 1.165) is 11.3 Å². The van der Waals surface area contributed by atoms with Gasteiger partial charge in [-0.1, -0.05) is 42.0 Å². The minimum atomic E-state index is -0.0185. The van der Waals surface area contributed by atoms with Crippen LogP contribution < -0.4 is 0 Å². The number of carbonyl (C=O) groups excluding carboxylic acids is 1. The van der Waals surface area contributed by atoms with Crippen molar-refractivity contribution in [1.82, 2.24) is 9.78 Å². The van der Waals surface area contributed by atoms with Gasteiger partial charge < -0.3 is 0 Å². The molecule has 0 bridgehead atoms. The Morgan fingerprint density at radius 1 is 1.00 bits per heavy atom. The minimum Gasteiger partial charge on any atom is -0.287 e. The zero-order valence-electron chi connectivity index (χ0n) is 11.2. The molecule has 3 heteroatoms. The predicted molar refractivity (Wildman–Crippen MR) is 78.2 cm³/mol. The Kier molecular flexibility index (Phi) is 3.17. The summed E-state index contributed by atoms with van der Waals surface area (Å²) in [7, 11) is 0. The first kappa shape index (κ1) is 12.4. The summed E-state index contributed by atoms with van der Waals surface area (Å²) in [4.78, 5) is 12.6. The van der Waals surface area contributed by atoms with Crippen LogP contribution in [0.5, 0.6) is 0 Å². The summed E-state index contributed by atoms with van der Waals surface area (Å²) >= 11 is 0. The molecule has 1 aromatic heterocycles. The van der Waals surface area contributed by atoms with Crippen LogP contribution in [0.3, 0.4) is 0 Å². The van der Waals surface area contributed by atoms with E-state index in [1.807, 2.05) is 61.5 Å². The highest BCUT2D eigenvalue weighted by molar-refractivity contribution is 6.08. The number of nitrogens with zero attached hydrogens (tertiary/aromatic N) is 2. The lowest BCUT2D eigenvalue weighted by atomic mass is 10.1. The van der Waals surface area contributed by atoms with Gasteiger partial charge in [0, 0.05) is 5.56 Å². The zero-order valence-corrected chi connectivity index (χ0v) is 11.2. The fourth-order valence-corrected chi connectivity index (χ4v) is 2.18. The lowest BCUT2D eigenvalue weighted by Crippen LogP contribution is -2.10. The van der Waals surface area contributed by atoms with Crippen LogP contribution in [-0.4, -0.2) is 15.6 Å². The summed E-state index contributed by atoms with van der Waals surface area (Å²) in [6.07, 6.45) is 1.65. The van der Waals surface area contributed by atoms with Crippen molar-refractivity contribution in [2.75, 3.05) is 0 Å². The molecule has 0 aliphatic rings. The quantitative estimate of drug-likeness (QED) is 0.678. The van der Waals surface area contributed by atoms with E-state index in [4.69, 9.17) is 0 Å². The summed E-state index contributed by atoms with van der Waals surface area (Å²) in [5.41, 5.74) is 3.21. The molecule has 0 aliphatic carbocycles. The first-order chi connectivity index (χ1) is 9.75. The Balaban J connectivity index is 2.04. The smallest absolute Gasteiger partial charge is 0.211 e. The monoisotopic (exact) mass is 262 g/mol. The summed E-state index contributed by atoms with van der Waals surface area (Å²) in [5, 5.41) is 4.25. The third kappa shape index (κ3) is 2.26. The highest BCUT2D eigenvalue weighted by Gasteiger charge is 2.15. The van der Waals surface area contributed by atoms with Crippen molar-refractivity contribution in [3.8, 4) is 5.69 Å². The normalized spacial score (nSPS) is 10.4. The number of rotatable bonds is 3. The summed E-state index contributed by atoms with van der Waals surface area (Å²) in [6.45, 7) is 1.98. The van der Waals surface area contributed by atoms with Gasteiger partial charge >= 0.3 is 0 Å². The van der Waals surface area contributed by atoms with Crippen LogP contribution in [0.15, 0.2) is 66.9 Å². The molecule has 0 atom stereocenters. The van der Waals surface area contributed by atoms with Gasteiger partial charge in [-0.05, 0) is 31.2 Å². The van der Waals surface area contributed by atoms with E-state index in [2.05, 4.69) is 5.10 Å². The average molecular weight is 262 g/mol. The predicted octanol–water partition coefficient (Wildman–Crippen LogP) is 3.41. The van der Waals surface area contributed by atoms with E-state index in [9.17, 15) is 4.79 Å². The van der Waals surface area contributed by atoms with Gasteiger partial charge in [-0.2, -0.15) is 5.10 Å². The van der Waals surface area contributed by atoms with Gasteiger partial charge in [0.05, 0.1) is 11.9 Å². The van der Waals surface area contributed by atoms with Crippen molar-refractivity contribution >= 4 is 5.78 Å². The number of hydrogen-bond acceptors (Lipinski definition) is 2. The molecule has 0 radical (unpaired) electrons. The number of aryl methyl sites for hydroxylation is 1. The van der Waals surface area contributed by atoms with E-state index in [1.54, 1.807) is 16.9 Å². The van der Waals surface area contributed by atoms with Crippen LogP contribution in [0.2, 0.25) is 0 Å². The molecule has 1 heterocycles. The van der Waals surface area contributed by atoms with Crippen LogP contribution in [0.4, 0.5) is 0 Å². The lowest BCUT2D eigenvalue weighted by Gasteiger charge is -2.07. The fraction of sp³-hybridized carbons (Fsp3) is 0.0588. The first-order valence-corrected chi connectivity index (χ1v) is 6.46. The van der Waals surface area contributed by atoms with Crippen LogP contribution >= 0.6 is 0 Å². The minimum absolute atomic E-state index is 0.0185. The average Bonchev–Trinajstić information content (AvgIpc) is 2.97. The largest absolute Gasteiger partial charge is 0.287 e. The zero-order chi connectivity index (χ0) is 13.9. The maximum atomic E-state index is 12.6. The Labute approximate surface area is 117 Å². The summed E-state index contributed by atoms with van der Waals surface area (Å²) in [5.74, 6) is -0.0185. The standard InChI is InChI=1S/C17H14N2O/c1-13-6-5-7-14(12-13)17(20)16-10-11-18-19(16)15-8-3-2-4-9-15/h2-12H,1H3. The molecule has 0 saturated carbocycles. The Bertz CT molecular complexity index is 744. The van der Waals surface area contributed by atoms with Crippen LogP contribution in [-0.2, 0) is 0 Å². The third-order valence-corrected chi connectivity index (χ3v) is 3.16. The molecule has 0 spiro atoms. The molecule has 98 valence electrons. The molecule has 0 unspecified atom stereocenters. The number of benzene rings is 2. The highest BCUT2D eigenvalue weighted by Crippen LogP contribution is 2.15. The van der Waals surface area contributed by atoms with E-state index in [-0.39, 0.29) is 5.78 Å². The van der Waals surface area contributed by atoms with E-state index >= 15 is 0 Å². The van der Waals surface area contributed by atoms with Crippen LogP contribution in [0.1, 0.15) is 21.6 Å². The molecule has 0 amide bonds. The Hall–Kier alpha value is -2.68. The molecular weight excluding hydrogens is 248 g/mol. The van der Waals surface area contributed by atoms with Gasteiger partial charge in [-0.15, -0.1) is 0 Å². The van der Waals surface area contributed by atoms with Gasteiger partial charge in [-0.25, -0.2) is 4.68 Å². The second-order valence-electron chi connectivity index (χ2n) is 4.66. The highest BCUT2D eigenvalue weighted by atomic mass is 16.1. The van der Waals surface area contributed by atoms with Crippen molar-refractivity contribution in [2.45, 2.75) is 6.92 Å². The number of aromatic nitrogens is 2. The second-order valence-corrected chi connectivity index (χ2v) is 4.66. The van der Waals surface area contributed by atoms with E-state index in [1.165, 1.54) is 0 Å². The van der Waals surface area contributed by atoms with Crippen LogP contribution in [0, 0.1) is 6.92 Å². The molecule has 2 aromatic carbocycles. The number of para-hydroxylation sites is 1. The summed E-state index contributed by atoms with van der Waals surface area (Å²) in [6, 6.07) is 19.0. The van der Waals surface area contributed by atoms with E-state index < -0.39 is 0 Å². The summed E-state index contributed by atoms with van der Waals surface area (Å²) < 4.78 is 1.67. The van der Waals surface area contributed by atoms with Crippen molar-refractivity contribution in [3.05, 3.63) is 83.7 Å². The van der Waals surface area contributed by atoms with E-state index in [0.29, 0.717) is 11.3 Å². The molecule has 0 saturated heterocycles. The molecular formula is C17H14N2O. The lowest BCUT2D eigenvalue weighted by molar-refractivity contribution is 0.103. The maximum absolute atomic E-state index is 12.6.